The Morgan fingerprint density at radius 1 is 1.16 bits per heavy atom. The number of carbonyl (C=O) groups is 1. The van der Waals surface area contributed by atoms with Crippen molar-refractivity contribution in [2.75, 3.05) is 7.05 Å². The molecule has 0 fully saturated rings. The molecule has 0 aliphatic heterocycles. The second kappa shape index (κ2) is 8.72. The molecule has 2 rings (SSSR count). The summed E-state index contributed by atoms with van der Waals surface area (Å²) in [6.45, 7) is 7.57. The van der Waals surface area contributed by atoms with Gasteiger partial charge in [-0.1, -0.05) is 31.2 Å². The largest absolute Gasteiger partial charge is 0.298 e. The summed E-state index contributed by atoms with van der Waals surface area (Å²) in [6, 6.07) is 10.7. The highest BCUT2D eigenvalue weighted by molar-refractivity contribution is 5.81. The number of halogens is 1. The molecule has 0 N–H and O–H groups in total. The number of aryl methyl sites for hydroxylation is 1. The normalized spacial score (nSPS) is 11.8. The van der Waals surface area contributed by atoms with E-state index in [0.29, 0.717) is 13.1 Å². The van der Waals surface area contributed by atoms with Gasteiger partial charge in [0.25, 0.3) is 0 Å². The van der Waals surface area contributed by atoms with Crippen LogP contribution < -0.4 is 0 Å². The predicted molar refractivity (Wildman–Crippen MR) is 102 cm³/mol. The number of aldehydes is 1. The van der Waals surface area contributed by atoms with E-state index >= 15 is 0 Å². The third kappa shape index (κ3) is 5.10. The quantitative estimate of drug-likeness (QED) is 0.630. The van der Waals surface area contributed by atoms with Crippen molar-refractivity contribution in [3.8, 4) is 0 Å². The Morgan fingerprint density at radius 2 is 1.84 bits per heavy atom. The molecule has 0 bridgehead atoms. The SMILES string of the molecule is CC/C=C(\C)c1cc(C)c(C=O)c(CN(C)Cc2ccc(F)cc2)c1. The molecule has 25 heavy (non-hydrogen) atoms. The van der Waals surface area contributed by atoms with E-state index in [9.17, 15) is 9.18 Å². The molecule has 132 valence electrons. The second-order valence-electron chi connectivity index (χ2n) is 6.58. The first-order valence-electron chi connectivity index (χ1n) is 8.63. The highest BCUT2D eigenvalue weighted by atomic mass is 19.1. The monoisotopic (exact) mass is 339 g/mol. The summed E-state index contributed by atoms with van der Waals surface area (Å²) in [4.78, 5) is 13.7. The van der Waals surface area contributed by atoms with Crippen LogP contribution >= 0.6 is 0 Å². The molecule has 0 saturated heterocycles. The Labute approximate surface area is 150 Å². The van der Waals surface area contributed by atoms with Gasteiger partial charge in [-0.2, -0.15) is 0 Å². The van der Waals surface area contributed by atoms with Gasteiger partial charge in [-0.3, -0.25) is 9.69 Å². The van der Waals surface area contributed by atoms with Crippen LogP contribution in [0.3, 0.4) is 0 Å². The van der Waals surface area contributed by atoms with Gasteiger partial charge in [0.1, 0.15) is 5.82 Å². The molecule has 0 atom stereocenters. The molecule has 0 aliphatic carbocycles. The van der Waals surface area contributed by atoms with Crippen LogP contribution in [-0.2, 0) is 13.1 Å². The minimum Gasteiger partial charge on any atom is -0.298 e. The van der Waals surface area contributed by atoms with Crippen LogP contribution in [0, 0.1) is 12.7 Å². The third-order valence-corrected chi connectivity index (χ3v) is 4.36. The zero-order valence-electron chi connectivity index (χ0n) is 15.5. The van der Waals surface area contributed by atoms with Gasteiger partial charge < -0.3 is 0 Å². The van der Waals surface area contributed by atoms with Crippen LogP contribution in [0.4, 0.5) is 4.39 Å². The summed E-state index contributed by atoms with van der Waals surface area (Å²) in [6.07, 6.45) is 4.13. The van der Waals surface area contributed by atoms with E-state index in [1.165, 1.54) is 17.7 Å². The Kier molecular flexibility index (Phi) is 6.65. The fraction of sp³-hybridized carbons (Fsp3) is 0.318. The van der Waals surface area contributed by atoms with Crippen LogP contribution in [0.2, 0.25) is 0 Å². The molecule has 0 amide bonds. The first-order valence-corrected chi connectivity index (χ1v) is 8.63. The molecule has 3 heteroatoms. The molecule has 0 aromatic heterocycles. The number of carbonyl (C=O) groups excluding carboxylic acids is 1. The fourth-order valence-electron chi connectivity index (χ4n) is 3.07. The van der Waals surface area contributed by atoms with Crippen LogP contribution in [0.5, 0.6) is 0 Å². The predicted octanol–water partition coefficient (Wildman–Crippen LogP) is 5.39. The van der Waals surface area contributed by atoms with Gasteiger partial charge in [0.15, 0.2) is 6.29 Å². The van der Waals surface area contributed by atoms with Gasteiger partial charge >= 0.3 is 0 Å². The first kappa shape index (κ1) is 19.1. The van der Waals surface area contributed by atoms with E-state index in [-0.39, 0.29) is 5.82 Å². The van der Waals surface area contributed by atoms with Crippen molar-refractivity contribution in [1.29, 1.82) is 0 Å². The highest BCUT2D eigenvalue weighted by Gasteiger charge is 2.11. The zero-order valence-corrected chi connectivity index (χ0v) is 15.5. The average molecular weight is 339 g/mol. The third-order valence-electron chi connectivity index (χ3n) is 4.36. The van der Waals surface area contributed by atoms with Gasteiger partial charge in [0.2, 0.25) is 0 Å². The summed E-state index contributed by atoms with van der Waals surface area (Å²) >= 11 is 0. The smallest absolute Gasteiger partial charge is 0.150 e. The Bertz CT molecular complexity index is 762. The number of benzene rings is 2. The van der Waals surface area contributed by atoms with Crippen molar-refractivity contribution in [2.45, 2.75) is 40.3 Å². The van der Waals surface area contributed by atoms with Crippen molar-refractivity contribution in [3.05, 3.63) is 76.1 Å². The maximum absolute atomic E-state index is 13.0. The van der Waals surface area contributed by atoms with Crippen LogP contribution in [0.15, 0.2) is 42.5 Å². The maximum atomic E-state index is 13.0. The van der Waals surface area contributed by atoms with Gasteiger partial charge in [-0.25, -0.2) is 4.39 Å². The number of rotatable bonds is 7. The number of hydrogen-bond donors (Lipinski definition) is 0. The lowest BCUT2D eigenvalue weighted by atomic mass is 9.95. The Balaban J connectivity index is 2.25. The van der Waals surface area contributed by atoms with Crippen molar-refractivity contribution in [2.24, 2.45) is 0 Å². The lowest BCUT2D eigenvalue weighted by Gasteiger charge is -2.20. The van der Waals surface area contributed by atoms with E-state index in [0.717, 1.165) is 40.5 Å². The average Bonchev–Trinajstić information content (AvgIpc) is 2.57. The fourth-order valence-corrected chi connectivity index (χ4v) is 3.07. The summed E-state index contributed by atoms with van der Waals surface area (Å²) in [7, 11) is 2.01. The van der Waals surface area contributed by atoms with Gasteiger partial charge in [0, 0.05) is 18.7 Å². The Hall–Kier alpha value is -2.26. The van der Waals surface area contributed by atoms with E-state index < -0.39 is 0 Å². The van der Waals surface area contributed by atoms with Gasteiger partial charge in [-0.05, 0) is 73.3 Å². The molecule has 0 aliphatic rings. The minimum atomic E-state index is -0.226. The standard InChI is InChI=1S/C22H26FNO/c1-5-6-16(2)19-11-17(3)22(15-25)20(12-19)14-24(4)13-18-7-9-21(23)10-8-18/h6-12,15H,5,13-14H2,1-4H3/b16-6+. The van der Waals surface area contributed by atoms with Gasteiger partial charge in [-0.15, -0.1) is 0 Å². The molecular formula is C22H26FNO. The van der Waals surface area contributed by atoms with Crippen LogP contribution in [0.1, 0.15) is 52.9 Å². The number of allylic oxidation sites excluding steroid dienone is 2. The van der Waals surface area contributed by atoms with Crippen molar-refractivity contribution < 1.29 is 9.18 Å². The van der Waals surface area contributed by atoms with Crippen LogP contribution in [0.25, 0.3) is 5.57 Å². The topological polar surface area (TPSA) is 20.3 Å². The highest BCUT2D eigenvalue weighted by Crippen LogP contribution is 2.23. The summed E-state index contributed by atoms with van der Waals surface area (Å²) in [5, 5.41) is 0. The molecule has 2 nitrogen and oxygen atoms in total. The lowest BCUT2D eigenvalue weighted by molar-refractivity contribution is 0.112. The summed E-state index contributed by atoms with van der Waals surface area (Å²) < 4.78 is 13.0. The minimum absolute atomic E-state index is 0.226. The van der Waals surface area contributed by atoms with Crippen molar-refractivity contribution >= 4 is 11.9 Å². The molecule has 0 saturated carbocycles. The molecule has 0 spiro atoms. The summed E-state index contributed by atoms with van der Waals surface area (Å²) in [5.74, 6) is -0.226. The van der Waals surface area contributed by atoms with Crippen LogP contribution in [-0.4, -0.2) is 18.2 Å². The van der Waals surface area contributed by atoms with E-state index in [4.69, 9.17) is 0 Å². The molecular weight excluding hydrogens is 313 g/mol. The number of hydrogen-bond acceptors (Lipinski definition) is 2. The molecule has 0 radical (unpaired) electrons. The van der Waals surface area contributed by atoms with Gasteiger partial charge in [0.05, 0.1) is 0 Å². The molecule has 0 heterocycles. The Morgan fingerprint density at radius 3 is 2.44 bits per heavy atom. The molecule has 0 unspecified atom stereocenters. The molecule has 2 aromatic rings. The lowest BCUT2D eigenvalue weighted by Crippen LogP contribution is -2.18. The van der Waals surface area contributed by atoms with E-state index in [2.05, 4.69) is 37.0 Å². The zero-order chi connectivity index (χ0) is 18.4. The number of nitrogens with zero attached hydrogens (tertiary/aromatic N) is 1. The first-order chi connectivity index (χ1) is 11.9. The summed E-state index contributed by atoms with van der Waals surface area (Å²) in [5.41, 5.74) is 6.23. The van der Waals surface area contributed by atoms with Crippen molar-refractivity contribution in [3.63, 3.8) is 0 Å². The maximum Gasteiger partial charge on any atom is 0.150 e. The van der Waals surface area contributed by atoms with E-state index in [1.54, 1.807) is 12.1 Å². The van der Waals surface area contributed by atoms with Crippen molar-refractivity contribution in [1.82, 2.24) is 4.90 Å². The molecule has 2 aromatic carbocycles. The second-order valence-corrected chi connectivity index (χ2v) is 6.58. The van der Waals surface area contributed by atoms with E-state index in [1.807, 2.05) is 14.0 Å².